The number of hydrogen-bond donors (Lipinski definition) is 1. The summed E-state index contributed by atoms with van der Waals surface area (Å²) in [7, 11) is 0. The molecule has 0 aliphatic rings. The number of aromatic hydroxyl groups is 1. The summed E-state index contributed by atoms with van der Waals surface area (Å²) < 4.78 is 0. The van der Waals surface area contributed by atoms with E-state index >= 15 is 0 Å². The molecule has 0 atom stereocenters. The average Bonchev–Trinajstić information content (AvgIpc) is 2.53. The van der Waals surface area contributed by atoms with Gasteiger partial charge in [0.15, 0.2) is 0 Å². The predicted molar refractivity (Wildman–Crippen MR) is 80.9 cm³/mol. The third-order valence-corrected chi connectivity index (χ3v) is 3.11. The van der Waals surface area contributed by atoms with Crippen LogP contribution >= 0.6 is 0 Å². The molecule has 4 heteroatoms. The summed E-state index contributed by atoms with van der Waals surface area (Å²) in [5.41, 5.74) is 1.63. The van der Waals surface area contributed by atoms with E-state index in [-0.39, 0.29) is 5.75 Å². The third kappa shape index (κ3) is 2.72. The van der Waals surface area contributed by atoms with Gasteiger partial charge in [0.25, 0.3) is 0 Å². The number of nitriles is 1. The van der Waals surface area contributed by atoms with E-state index in [4.69, 9.17) is 0 Å². The molecule has 0 unspecified atom stereocenters. The monoisotopic (exact) mass is 273 g/mol. The summed E-state index contributed by atoms with van der Waals surface area (Å²) in [6.45, 7) is 0. The molecule has 0 radical (unpaired) electrons. The molecule has 0 heterocycles. The Hall–Kier alpha value is -3.19. The summed E-state index contributed by atoms with van der Waals surface area (Å²) in [5.74, 6) is 0.178. The molecule has 1 N–H and O–H groups in total. The number of phenols is 1. The van der Waals surface area contributed by atoms with Crippen molar-refractivity contribution in [1.82, 2.24) is 0 Å². The molecule has 3 rings (SSSR count). The van der Waals surface area contributed by atoms with Crippen LogP contribution in [-0.4, -0.2) is 5.11 Å². The molecular formula is C17H11N3O. The number of fused-ring (bicyclic) bond motifs is 1. The first-order chi connectivity index (χ1) is 10.3. The van der Waals surface area contributed by atoms with Crippen LogP contribution in [-0.2, 0) is 0 Å². The average molecular weight is 273 g/mol. The van der Waals surface area contributed by atoms with E-state index in [0.717, 1.165) is 10.8 Å². The lowest BCUT2D eigenvalue weighted by molar-refractivity contribution is 0.475. The second kappa shape index (κ2) is 5.43. The van der Waals surface area contributed by atoms with Crippen LogP contribution in [0, 0.1) is 11.3 Å². The Balaban J connectivity index is 2.03. The maximum atomic E-state index is 9.23. The van der Waals surface area contributed by atoms with Crippen molar-refractivity contribution in [3.63, 3.8) is 0 Å². The maximum absolute atomic E-state index is 9.23. The molecule has 0 aromatic heterocycles. The summed E-state index contributed by atoms with van der Waals surface area (Å²) >= 11 is 0. The first kappa shape index (κ1) is 12.8. The van der Waals surface area contributed by atoms with E-state index in [1.807, 2.05) is 30.3 Å². The minimum atomic E-state index is 0.178. The van der Waals surface area contributed by atoms with E-state index in [1.54, 1.807) is 30.3 Å². The Morgan fingerprint density at radius 2 is 1.52 bits per heavy atom. The highest BCUT2D eigenvalue weighted by molar-refractivity contribution is 5.87. The zero-order valence-electron chi connectivity index (χ0n) is 11.1. The van der Waals surface area contributed by atoms with Crippen molar-refractivity contribution < 1.29 is 5.11 Å². The van der Waals surface area contributed by atoms with Gasteiger partial charge in [-0.05, 0) is 47.2 Å². The van der Waals surface area contributed by atoms with Crippen LogP contribution in [0.5, 0.6) is 5.75 Å². The Morgan fingerprint density at radius 3 is 2.19 bits per heavy atom. The number of phenolic OH excluding ortho intramolecular Hbond substituents is 1. The van der Waals surface area contributed by atoms with Gasteiger partial charge in [0.2, 0.25) is 0 Å². The van der Waals surface area contributed by atoms with Crippen molar-refractivity contribution in [2.75, 3.05) is 0 Å². The first-order valence-corrected chi connectivity index (χ1v) is 6.40. The summed E-state index contributed by atoms with van der Waals surface area (Å²) in [4.78, 5) is 0. The lowest BCUT2D eigenvalue weighted by Gasteiger charge is -2.01. The van der Waals surface area contributed by atoms with E-state index in [2.05, 4.69) is 16.3 Å². The molecule has 4 nitrogen and oxygen atoms in total. The minimum Gasteiger partial charge on any atom is -0.508 e. The fourth-order valence-corrected chi connectivity index (χ4v) is 2.03. The normalized spacial score (nSPS) is 10.8. The Bertz CT molecular complexity index is 861. The summed E-state index contributed by atoms with van der Waals surface area (Å²) in [5, 5.41) is 28.7. The second-order valence-corrected chi connectivity index (χ2v) is 4.54. The lowest BCUT2D eigenvalue weighted by Crippen LogP contribution is -1.78. The van der Waals surface area contributed by atoms with Gasteiger partial charge in [0, 0.05) is 0 Å². The van der Waals surface area contributed by atoms with Gasteiger partial charge in [0.05, 0.1) is 11.3 Å². The van der Waals surface area contributed by atoms with Crippen molar-refractivity contribution in [3.8, 4) is 11.8 Å². The van der Waals surface area contributed by atoms with Crippen LogP contribution in [0.15, 0.2) is 70.9 Å². The highest BCUT2D eigenvalue weighted by Gasteiger charge is 2.04. The summed E-state index contributed by atoms with van der Waals surface area (Å²) in [6.07, 6.45) is 0. The number of benzene rings is 3. The Morgan fingerprint density at radius 1 is 0.857 bits per heavy atom. The largest absolute Gasteiger partial charge is 0.508 e. The first-order valence-electron chi connectivity index (χ1n) is 6.40. The molecule has 0 spiro atoms. The SMILES string of the molecule is N#Cc1cc2ccccc2cc1N=Nc1ccc(O)cc1. The van der Waals surface area contributed by atoms with Crippen LogP contribution in [0.3, 0.4) is 0 Å². The molecule has 0 bridgehead atoms. The number of nitrogens with zero attached hydrogens (tertiary/aromatic N) is 3. The van der Waals surface area contributed by atoms with E-state index < -0.39 is 0 Å². The molecule has 3 aromatic rings. The van der Waals surface area contributed by atoms with Gasteiger partial charge >= 0.3 is 0 Å². The molecule has 0 aliphatic heterocycles. The van der Waals surface area contributed by atoms with Gasteiger partial charge in [0.1, 0.15) is 17.5 Å². The van der Waals surface area contributed by atoms with Crippen molar-refractivity contribution in [2.45, 2.75) is 0 Å². The van der Waals surface area contributed by atoms with Crippen molar-refractivity contribution in [3.05, 3.63) is 66.2 Å². The van der Waals surface area contributed by atoms with Gasteiger partial charge < -0.3 is 5.11 Å². The predicted octanol–water partition coefficient (Wildman–Crippen LogP) is 4.83. The quantitative estimate of drug-likeness (QED) is 0.679. The van der Waals surface area contributed by atoms with Gasteiger partial charge in [-0.3, -0.25) is 0 Å². The van der Waals surface area contributed by atoms with Gasteiger partial charge in [-0.15, -0.1) is 5.11 Å². The van der Waals surface area contributed by atoms with Crippen LogP contribution < -0.4 is 0 Å². The van der Waals surface area contributed by atoms with Gasteiger partial charge in [-0.1, -0.05) is 24.3 Å². The van der Waals surface area contributed by atoms with Gasteiger partial charge in [-0.2, -0.15) is 10.4 Å². The maximum Gasteiger partial charge on any atom is 0.115 e. The molecule has 0 aliphatic carbocycles. The van der Waals surface area contributed by atoms with E-state index in [0.29, 0.717) is 16.9 Å². The van der Waals surface area contributed by atoms with Gasteiger partial charge in [-0.25, -0.2) is 0 Å². The standard InChI is InChI=1S/C17H11N3O/c18-11-14-9-12-3-1-2-4-13(12)10-17(14)20-19-15-5-7-16(21)8-6-15/h1-10,21H. The Kier molecular flexibility index (Phi) is 3.32. The highest BCUT2D eigenvalue weighted by atomic mass is 16.3. The molecule has 0 saturated carbocycles. The molecular weight excluding hydrogens is 262 g/mol. The highest BCUT2D eigenvalue weighted by Crippen LogP contribution is 2.28. The van der Waals surface area contributed by atoms with Crippen LogP contribution in [0.2, 0.25) is 0 Å². The number of hydrogen-bond acceptors (Lipinski definition) is 4. The molecule has 0 saturated heterocycles. The van der Waals surface area contributed by atoms with Crippen LogP contribution in [0.1, 0.15) is 5.56 Å². The van der Waals surface area contributed by atoms with Crippen molar-refractivity contribution >= 4 is 22.1 Å². The Labute approximate surface area is 121 Å². The number of azo groups is 1. The van der Waals surface area contributed by atoms with Crippen molar-refractivity contribution in [1.29, 1.82) is 5.26 Å². The van der Waals surface area contributed by atoms with Crippen LogP contribution in [0.4, 0.5) is 11.4 Å². The van der Waals surface area contributed by atoms with E-state index in [9.17, 15) is 10.4 Å². The number of rotatable bonds is 2. The summed E-state index contributed by atoms with van der Waals surface area (Å²) in [6, 6.07) is 20.0. The third-order valence-electron chi connectivity index (χ3n) is 3.11. The second-order valence-electron chi connectivity index (χ2n) is 4.54. The topological polar surface area (TPSA) is 68.7 Å². The minimum absolute atomic E-state index is 0.178. The molecule has 0 amide bonds. The lowest BCUT2D eigenvalue weighted by atomic mass is 10.1. The zero-order valence-corrected chi connectivity index (χ0v) is 11.1. The molecule has 100 valence electrons. The molecule has 21 heavy (non-hydrogen) atoms. The zero-order chi connectivity index (χ0) is 14.7. The van der Waals surface area contributed by atoms with Crippen molar-refractivity contribution in [2.24, 2.45) is 10.2 Å². The fraction of sp³-hybridized carbons (Fsp3) is 0. The smallest absolute Gasteiger partial charge is 0.115 e. The van der Waals surface area contributed by atoms with E-state index in [1.165, 1.54) is 0 Å². The molecule has 0 fully saturated rings. The fourth-order valence-electron chi connectivity index (χ4n) is 2.03. The van der Waals surface area contributed by atoms with Crippen LogP contribution in [0.25, 0.3) is 10.8 Å². The molecule has 3 aromatic carbocycles.